The molecule has 0 fully saturated rings. The number of carbonyl (C=O) groups is 6. The highest BCUT2D eigenvalue weighted by Crippen LogP contribution is 2.20. The number of imidazole rings is 1. The number of H-pyrrole nitrogens is 2. The monoisotopic (exact) mass is 625 g/mol. The number of nitrogens with one attached hydrogen (secondary N) is 6. The topological polar surface area (TPSA) is 267 Å². The first-order valence-corrected chi connectivity index (χ1v) is 14.4. The van der Waals surface area contributed by atoms with Gasteiger partial charge in [-0.15, -0.1) is 0 Å². The molecule has 1 aromatic carbocycles. The van der Waals surface area contributed by atoms with Gasteiger partial charge in [0.25, 0.3) is 0 Å². The summed E-state index contributed by atoms with van der Waals surface area (Å²) in [6.07, 6.45) is 4.52. The van der Waals surface area contributed by atoms with Crippen LogP contribution in [0.15, 0.2) is 43.0 Å². The fraction of sp³-hybridized carbons (Fsp3) is 0.414. The van der Waals surface area contributed by atoms with E-state index < -0.39 is 72.6 Å². The number of fused-ring (bicyclic) bond motifs is 1. The van der Waals surface area contributed by atoms with E-state index in [-0.39, 0.29) is 18.8 Å². The van der Waals surface area contributed by atoms with Crippen LogP contribution in [0.1, 0.15) is 37.9 Å². The van der Waals surface area contributed by atoms with Crippen LogP contribution in [0, 0.1) is 5.92 Å². The highest BCUT2D eigenvalue weighted by molar-refractivity contribution is 5.96. The molecule has 0 aliphatic heterocycles. The first-order valence-electron chi connectivity index (χ1n) is 14.4. The van der Waals surface area contributed by atoms with Crippen LogP contribution in [0.4, 0.5) is 0 Å². The van der Waals surface area contributed by atoms with Crippen molar-refractivity contribution in [3.63, 3.8) is 0 Å². The molecule has 0 unspecified atom stereocenters. The van der Waals surface area contributed by atoms with Gasteiger partial charge in [-0.3, -0.25) is 28.8 Å². The molecule has 0 bridgehead atoms. The Bertz CT molecular complexity index is 1500. The smallest absolute Gasteiger partial charge is 0.322 e. The van der Waals surface area contributed by atoms with E-state index in [4.69, 9.17) is 16.6 Å². The van der Waals surface area contributed by atoms with E-state index in [0.717, 1.165) is 10.9 Å². The van der Waals surface area contributed by atoms with Gasteiger partial charge < -0.3 is 47.8 Å². The Morgan fingerprint density at radius 2 is 1.60 bits per heavy atom. The summed E-state index contributed by atoms with van der Waals surface area (Å²) in [5, 5.41) is 20.0. The van der Waals surface area contributed by atoms with Gasteiger partial charge in [0.2, 0.25) is 29.5 Å². The molecule has 0 saturated carbocycles. The van der Waals surface area contributed by atoms with Gasteiger partial charge in [0.05, 0.1) is 18.8 Å². The normalized spacial score (nSPS) is 14.4. The average Bonchev–Trinajstić information content (AvgIpc) is 3.67. The third kappa shape index (κ3) is 9.89. The number of primary amides is 1. The lowest BCUT2D eigenvalue weighted by Crippen LogP contribution is -2.59. The fourth-order valence-corrected chi connectivity index (χ4v) is 4.64. The maximum absolute atomic E-state index is 13.8. The Labute approximate surface area is 258 Å². The van der Waals surface area contributed by atoms with Gasteiger partial charge in [0.1, 0.15) is 24.7 Å². The number of hydrogen-bond donors (Lipinski definition) is 9. The molecule has 3 aromatic rings. The lowest BCUT2D eigenvalue weighted by atomic mass is 9.97. The number of para-hydroxylation sites is 1. The van der Waals surface area contributed by atoms with E-state index >= 15 is 0 Å². The molecule has 0 radical (unpaired) electrons. The summed E-state index contributed by atoms with van der Waals surface area (Å²) in [7, 11) is 0. The van der Waals surface area contributed by atoms with Gasteiger partial charge in [0, 0.05) is 41.8 Å². The molecular formula is C29H39N9O7. The van der Waals surface area contributed by atoms with Crippen LogP contribution in [0.5, 0.6) is 0 Å². The molecule has 0 spiro atoms. The molecule has 5 amide bonds. The van der Waals surface area contributed by atoms with E-state index in [1.807, 2.05) is 31.2 Å². The van der Waals surface area contributed by atoms with Crippen LogP contribution < -0.4 is 32.7 Å². The van der Waals surface area contributed by atoms with Gasteiger partial charge in [0.15, 0.2) is 0 Å². The molecule has 45 heavy (non-hydrogen) atoms. The number of rotatable bonds is 17. The minimum absolute atomic E-state index is 0.00251. The Balaban J connectivity index is 1.91. The zero-order chi connectivity index (χ0) is 33.1. The van der Waals surface area contributed by atoms with Crippen molar-refractivity contribution >= 4 is 46.4 Å². The lowest BCUT2D eigenvalue weighted by molar-refractivity contribution is -0.139. The molecular weight excluding hydrogens is 586 g/mol. The first kappa shape index (κ1) is 34.2. The first-order chi connectivity index (χ1) is 21.4. The Hall–Kier alpha value is -5.25. The van der Waals surface area contributed by atoms with Crippen LogP contribution in [0.2, 0.25) is 0 Å². The summed E-state index contributed by atoms with van der Waals surface area (Å²) in [6, 6.07) is 2.46. The number of carbonyl (C=O) groups excluding carboxylic acids is 5. The third-order valence-electron chi connectivity index (χ3n) is 7.31. The number of nitrogens with two attached hydrogens (primary N) is 2. The SMILES string of the molecule is CC[C@H](C)[C@H](NC(=O)[C@H](Cc1c[nH]c2ccccc12)NC(=O)[C@H](Cc1cnc[nH]1)NC(=O)[C@@H](N)CC(N)=O)C(=O)NCC(=O)O. The highest BCUT2D eigenvalue weighted by atomic mass is 16.4. The minimum Gasteiger partial charge on any atom is -0.480 e. The summed E-state index contributed by atoms with van der Waals surface area (Å²) in [6.45, 7) is 2.90. The van der Waals surface area contributed by atoms with Crippen LogP contribution in [0.3, 0.4) is 0 Å². The molecule has 11 N–H and O–H groups in total. The predicted octanol–water partition coefficient (Wildman–Crippen LogP) is -1.42. The molecule has 0 saturated heterocycles. The number of aromatic nitrogens is 3. The van der Waals surface area contributed by atoms with Crippen molar-refractivity contribution in [1.82, 2.24) is 36.2 Å². The van der Waals surface area contributed by atoms with E-state index in [1.54, 1.807) is 13.1 Å². The number of benzene rings is 1. The molecule has 0 aliphatic rings. The summed E-state index contributed by atoms with van der Waals surface area (Å²) < 4.78 is 0. The number of amides is 5. The van der Waals surface area contributed by atoms with E-state index in [9.17, 15) is 28.8 Å². The molecule has 242 valence electrons. The maximum atomic E-state index is 13.8. The number of aliphatic carboxylic acids is 1. The van der Waals surface area contributed by atoms with Crippen molar-refractivity contribution in [1.29, 1.82) is 0 Å². The van der Waals surface area contributed by atoms with Crippen molar-refractivity contribution in [2.24, 2.45) is 17.4 Å². The van der Waals surface area contributed by atoms with E-state index in [2.05, 4.69) is 36.2 Å². The quantitative estimate of drug-likeness (QED) is 0.0850. The van der Waals surface area contributed by atoms with Gasteiger partial charge >= 0.3 is 5.97 Å². The van der Waals surface area contributed by atoms with Crippen molar-refractivity contribution in [3.8, 4) is 0 Å². The highest BCUT2D eigenvalue weighted by Gasteiger charge is 2.33. The molecule has 2 aromatic heterocycles. The third-order valence-corrected chi connectivity index (χ3v) is 7.31. The molecule has 0 aliphatic carbocycles. The number of hydrogen-bond acceptors (Lipinski definition) is 8. The van der Waals surface area contributed by atoms with Crippen molar-refractivity contribution < 1.29 is 33.9 Å². The largest absolute Gasteiger partial charge is 0.480 e. The Morgan fingerprint density at radius 1 is 0.933 bits per heavy atom. The molecule has 16 heteroatoms. The molecule has 16 nitrogen and oxygen atoms in total. The summed E-state index contributed by atoms with van der Waals surface area (Å²) in [5.74, 6) is -5.38. The van der Waals surface area contributed by atoms with E-state index in [1.165, 1.54) is 12.5 Å². The maximum Gasteiger partial charge on any atom is 0.322 e. The second kappa shape index (κ2) is 16.0. The van der Waals surface area contributed by atoms with Gasteiger partial charge in [-0.05, 0) is 17.5 Å². The average molecular weight is 626 g/mol. The number of carboxylic acids is 1. The van der Waals surface area contributed by atoms with Gasteiger partial charge in [-0.25, -0.2) is 4.98 Å². The van der Waals surface area contributed by atoms with Gasteiger partial charge in [-0.2, -0.15) is 0 Å². The Morgan fingerprint density at radius 3 is 2.24 bits per heavy atom. The standard InChI is InChI=1S/C29H39N9O7/c1-3-15(2)25(29(45)34-13-24(40)41)38-28(44)21(8-16-11-33-20-7-5-4-6-18(16)20)37-27(43)22(9-17-12-32-14-35-17)36-26(42)19(30)10-23(31)39/h4-7,11-12,14-15,19,21-22,25,33H,3,8-10,13,30H2,1-2H3,(H2,31,39)(H,32,35)(H,34,45)(H,36,42)(H,37,43)(H,38,44)(H,40,41)/t15-,19-,21-,22-,25-/m0/s1. The fourth-order valence-electron chi connectivity index (χ4n) is 4.64. The van der Waals surface area contributed by atoms with E-state index in [0.29, 0.717) is 17.7 Å². The van der Waals surface area contributed by atoms with Crippen LogP contribution in [-0.2, 0) is 41.6 Å². The summed E-state index contributed by atoms with van der Waals surface area (Å²) >= 11 is 0. The number of carboxylic acid groups (broad SMARTS) is 1. The zero-order valence-electron chi connectivity index (χ0n) is 25.0. The Kier molecular flexibility index (Phi) is 12.2. The second-order valence-electron chi connectivity index (χ2n) is 10.7. The lowest BCUT2D eigenvalue weighted by Gasteiger charge is -2.27. The van der Waals surface area contributed by atoms with Crippen LogP contribution >= 0.6 is 0 Å². The van der Waals surface area contributed by atoms with Crippen LogP contribution in [-0.4, -0.2) is 86.3 Å². The molecule has 3 rings (SSSR count). The molecule has 2 heterocycles. The van der Waals surface area contributed by atoms with Crippen LogP contribution in [0.25, 0.3) is 10.9 Å². The van der Waals surface area contributed by atoms with Crippen molar-refractivity contribution in [2.45, 2.75) is 63.7 Å². The number of nitrogens with zero attached hydrogens (tertiary/aromatic N) is 1. The van der Waals surface area contributed by atoms with Gasteiger partial charge in [-0.1, -0.05) is 38.5 Å². The van der Waals surface area contributed by atoms with Crippen molar-refractivity contribution in [3.05, 3.63) is 54.2 Å². The minimum atomic E-state index is -1.31. The summed E-state index contributed by atoms with van der Waals surface area (Å²) in [5.41, 5.74) is 12.9. The second-order valence-corrected chi connectivity index (χ2v) is 10.7. The number of aromatic amines is 2. The summed E-state index contributed by atoms with van der Waals surface area (Å²) in [4.78, 5) is 85.4. The molecule has 5 atom stereocenters. The zero-order valence-corrected chi connectivity index (χ0v) is 25.0. The van der Waals surface area contributed by atoms with Crippen molar-refractivity contribution in [2.75, 3.05) is 6.54 Å². The predicted molar refractivity (Wildman–Crippen MR) is 162 cm³/mol.